The number of anilines is 1. The van der Waals surface area contributed by atoms with Crippen LogP contribution in [0.2, 0.25) is 10.0 Å². The van der Waals surface area contributed by atoms with Crippen molar-refractivity contribution in [3.63, 3.8) is 0 Å². The van der Waals surface area contributed by atoms with Crippen molar-refractivity contribution >= 4 is 51.7 Å². The number of carbonyl (C=O) groups excluding carboxylic acids is 1. The highest BCUT2D eigenvalue weighted by atomic mass is 35.5. The molecule has 3 aromatic rings. The molecule has 0 radical (unpaired) electrons. The molecule has 0 bridgehead atoms. The molecule has 150 valence electrons. The molecular weight excluding hydrogens is 444 g/mol. The van der Waals surface area contributed by atoms with Crippen LogP contribution in [0, 0.1) is 0 Å². The van der Waals surface area contributed by atoms with Gasteiger partial charge >= 0.3 is 6.18 Å². The number of aromatic nitrogens is 1. The number of carbonyl (C=O) groups is 1. The second-order valence-electron chi connectivity index (χ2n) is 6.00. The molecule has 1 N–H and O–H groups in total. The Labute approximate surface area is 178 Å². The molecule has 0 atom stereocenters. The molecule has 9 heteroatoms. The third-order valence-corrected chi connectivity index (χ3v) is 5.28. The molecule has 0 unspecified atom stereocenters. The Balaban J connectivity index is 1.64. The van der Waals surface area contributed by atoms with Crippen molar-refractivity contribution in [2.24, 2.45) is 0 Å². The molecule has 0 saturated heterocycles. The highest BCUT2D eigenvalue weighted by Gasteiger charge is 2.30. The van der Waals surface area contributed by atoms with Crippen LogP contribution in [0.3, 0.4) is 0 Å². The van der Waals surface area contributed by atoms with Gasteiger partial charge in [0.1, 0.15) is 0 Å². The van der Waals surface area contributed by atoms with Gasteiger partial charge in [-0.1, -0.05) is 41.4 Å². The molecule has 0 aliphatic carbocycles. The first-order chi connectivity index (χ1) is 13.7. The Bertz CT molecular complexity index is 1060. The lowest BCUT2D eigenvalue weighted by Crippen LogP contribution is -2.07. The van der Waals surface area contributed by atoms with Crippen molar-refractivity contribution in [1.82, 2.24) is 4.98 Å². The Morgan fingerprint density at radius 3 is 2.72 bits per heavy atom. The van der Waals surface area contributed by atoms with Crippen molar-refractivity contribution in [2.75, 3.05) is 5.32 Å². The summed E-state index contributed by atoms with van der Waals surface area (Å²) in [5.41, 5.74) is 0.411. The molecule has 0 spiro atoms. The van der Waals surface area contributed by atoms with Gasteiger partial charge in [-0.2, -0.15) is 13.2 Å². The van der Waals surface area contributed by atoms with E-state index < -0.39 is 17.6 Å². The lowest BCUT2D eigenvalue weighted by molar-refractivity contribution is -0.137. The van der Waals surface area contributed by atoms with E-state index in [2.05, 4.69) is 10.3 Å². The first-order valence-electron chi connectivity index (χ1n) is 8.25. The maximum atomic E-state index is 12.8. The Morgan fingerprint density at radius 2 is 1.97 bits per heavy atom. The number of nitrogens with one attached hydrogen (secondary N) is 1. The monoisotopic (exact) mass is 456 g/mol. The summed E-state index contributed by atoms with van der Waals surface area (Å²) in [5.74, 6) is -0.416. The second kappa shape index (κ2) is 8.98. The summed E-state index contributed by atoms with van der Waals surface area (Å²) in [7, 11) is 0. The molecule has 2 aromatic carbocycles. The van der Waals surface area contributed by atoms with Crippen LogP contribution in [0.25, 0.3) is 6.08 Å². The summed E-state index contributed by atoms with van der Waals surface area (Å²) in [6, 6.07) is 10.0. The fraction of sp³-hybridized carbons (Fsp3) is 0.100. The van der Waals surface area contributed by atoms with Crippen LogP contribution in [-0.2, 0) is 17.4 Å². The molecule has 1 aromatic heterocycles. The van der Waals surface area contributed by atoms with Crippen molar-refractivity contribution in [1.29, 1.82) is 0 Å². The van der Waals surface area contributed by atoms with Crippen molar-refractivity contribution in [2.45, 2.75) is 12.6 Å². The molecule has 3 nitrogen and oxygen atoms in total. The zero-order valence-corrected chi connectivity index (χ0v) is 17.0. The average Bonchev–Trinajstić information content (AvgIpc) is 3.08. The van der Waals surface area contributed by atoms with E-state index in [0.29, 0.717) is 26.3 Å². The zero-order chi connectivity index (χ0) is 21.0. The van der Waals surface area contributed by atoms with Gasteiger partial charge in [0.2, 0.25) is 5.91 Å². The Kier molecular flexibility index (Phi) is 6.62. The molecule has 0 aliphatic heterocycles. The number of thiazole rings is 1. The van der Waals surface area contributed by atoms with Crippen LogP contribution >= 0.6 is 34.5 Å². The van der Waals surface area contributed by atoms with Crippen LogP contribution in [0.1, 0.15) is 21.6 Å². The van der Waals surface area contributed by atoms with Gasteiger partial charge in [0.15, 0.2) is 5.13 Å². The quantitative estimate of drug-likeness (QED) is 0.433. The smallest absolute Gasteiger partial charge is 0.298 e. The van der Waals surface area contributed by atoms with E-state index in [4.69, 9.17) is 23.2 Å². The van der Waals surface area contributed by atoms with Crippen LogP contribution in [0.5, 0.6) is 0 Å². The van der Waals surface area contributed by atoms with Gasteiger partial charge in [-0.25, -0.2) is 4.98 Å². The topological polar surface area (TPSA) is 42.0 Å². The summed E-state index contributed by atoms with van der Waals surface area (Å²) in [6.45, 7) is 0. The maximum absolute atomic E-state index is 12.8. The lowest BCUT2D eigenvalue weighted by Gasteiger charge is -2.07. The van der Waals surface area contributed by atoms with Gasteiger partial charge in [-0.15, -0.1) is 11.3 Å². The molecule has 0 fully saturated rings. The normalized spacial score (nSPS) is 11.8. The standard InChI is InChI=1S/C20H13Cl2F3N2OS/c21-15-5-6-17(22)13(10-15)4-7-18(28)27-19-26-11-16(29-19)9-12-2-1-3-14(8-12)20(23,24)25/h1-8,10-11H,9H2,(H,26,27,28)/b7-4+. The van der Waals surface area contributed by atoms with E-state index in [1.807, 2.05) is 0 Å². The summed E-state index contributed by atoms with van der Waals surface area (Å²) in [6.07, 6.45) is 0.247. The minimum absolute atomic E-state index is 0.283. The van der Waals surface area contributed by atoms with E-state index >= 15 is 0 Å². The number of halogens is 5. The van der Waals surface area contributed by atoms with Crippen LogP contribution < -0.4 is 5.32 Å². The number of alkyl halides is 3. The number of rotatable bonds is 5. The predicted molar refractivity (Wildman–Crippen MR) is 110 cm³/mol. The number of benzene rings is 2. The Morgan fingerprint density at radius 1 is 1.17 bits per heavy atom. The molecule has 1 heterocycles. The average molecular weight is 457 g/mol. The van der Waals surface area contributed by atoms with E-state index in [-0.39, 0.29) is 6.42 Å². The SMILES string of the molecule is O=C(/C=C/c1cc(Cl)ccc1Cl)Nc1ncc(Cc2cccc(C(F)(F)F)c2)s1. The van der Waals surface area contributed by atoms with Gasteiger partial charge < -0.3 is 0 Å². The fourth-order valence-electron chi connectivity index (χ4n) is 2.46. The fourth-order valence-corrected chi connectivity index (χ4v) is 3.67. The molecule has 0 saturated carbocycles. The van der Waals surface area contributed by atoms with E-state index in [1.165, 1.54) is 35.8 Å². The van der Waals surface area contributed by atoms with E-state index in [0.717, 1.165) is 17.0 Å². The molecular formula is C20H13Cl2F3N2OS. The minimum Gasteiger partial charge on any atom is -0.298 e. The van der Waals surface area contributed by atoms with Crippen molar-refractivity contribution in [3.05, 3.63) is 86.4 Å². The largest absolute Gasteiger partial charge is 0.416 e. The van der Waals surface area contributed by atoms with Gasteiger partial charge in [-0.05, 0) is 41.5 Å². The Hall–Kier alpha value is -2.35. The van der Waals surface area contributed by atoms with Crippen LogP contribution in [0.4, 0.5) is 18.3 Å². The third kappa shape index (κ3) is 6.06. The number of nitrogens with zero attached hydrogens (tertiary/aromatic N) is 1. The predicted octanol–water partition coefficient (Wildman–Crippen LogP) is 6.71. The highest BCUT2D eigenvalue weighted by Crippen LogP contribution is 2.30. The number of hydrogen-bond donors (Lipinski definition) is 1. The molecule has 29 heavy (non-hydrogen) atoms. The molecule has 3 rings (SSSR count). The van der Waals surface area contributed by atoms with Gasteiger partial charge in [0.25, 0.3) is 0 Å². The van der Waals surface area contributed by atoms with Crippen molar-refractivity contribution < 1.29 is 18.0 Å². The van der Waals surface area contributed by atoms with Crippen molar-refractivity contribution in [3.8, 4) is 0 Å². The van der Waals surface area contributed by atoms with Gasteiger partial charge in [-0.3, -0.25) is 10.1 Å². The molecule has 0 aliphatic rings. The second-order valence-corrected chi connectivity index (χ2v) is 7.95. The van der Waals surface area contributed by atoms with E-state index in [1.54, 1.807) is 24.3 Å². The lowest BCUT2D eigenvalue weighted by atomic mass is 10.1. The summed E-state index contributed by atoms with van der Waals surface area (Å²) in [5, 5.41) is 3.91. The highest BCUT2D eigenvalue weighted by molar-refractivity contribution is 7.15. The number of amides is 1. The minimum atomic E-state index is -4.39. The van der Waals surface area contributed by atoms with Crippen LogP contribution in [0.15, 0.2) is 54.7 Å². The van der Waals surface area contributed by atoms with Crippen LogP contribution in [-0.4, -0.2) is 10.9 Å². The molecule has 1 amide bonds. The van der Waals surface area contributed by atoms with E-state index in [9.17, 15) is 18.0 Å². The maximum Gasteiger partial charge on any atom is 0.416 e. The third-order valence-electron chi connectivity index (χ3n) is 3.79. The first kappa shape index (κ1) is 21.4. The summed E-state index contributed by atoms with van der Waals surface area (Å²) < 4.78 is 38.5. The first-order valence-corrected chi connectivity index (χ1v) is 9.83. The van der Waals surface area contributed by atoms with Gasteiger partial charge in [0.05, 0.1) is 5.56 Å². The summed E-state index contributed by atoms with van der Waals surface area (Å²) in [4.78, 5) is 16.9. The zero-order valence-electron chi connectivity index (χ0n) is 14.6. The summed E-state index contributed by atoms with van der Waals surface area (Å²) >= 11 is 13.1. The number of hydrogen-bond acceptors (Lipinski definition) is 3. The van der Waals surface area contributed by atoms with Gasteiger partial charge in [0, 0.05) is 33.6 Å².